The highest BCUT2D eigenvalue weighted by molar-refractivity contribution is 5.39. The van der Waals surface area contributed by atoms with Crippen molar-refractivity contribution in [2.24, 2.45) is 0 Å². The zero-order valence-electron chi connectivity index (χ0n) is 8.57. The number of nitrogens with two attached hydrogens (primary N) is 1. The molecular formula is C10H17N3O. The van der Waals surface area contributed by atoms with Crippen LogP contribution in [0.25, 0.3) is 0 Å². The highest BCUT2D eigenvalue weighted by atomic mass is 16.5. The summed E-state index contributed by atoms with van der Waals surface area (Å²) in [5.74, 6) is 0. The van der Waals surface area contributed by atoms with Crippen LogP contribution in [0.1, 0.15) is 25.0 Å². The quantitative estimate of drug-likeness (QED) is 0.792. The van der Waals surface area contributed by atoms with Crippen LogP contribution >= 0.6 is 0 Å². The van der Waals surface area contributed by atoms with Crippen LogP contribution in [0.3, 0.4) is 0 Å². The van der Waals surface area contributed by atoms with Crippen LogP contribution in [0.2, 0.25) is 0 Å². The van der Waals surface area contributed by atoms with E-state index in [0.29, 0.717) is 6.10 Å². The van der Waals surface area contributed by atoms with E-state index in [2.05, 4.69) is 5.10 Å². The lowest BCUT2D eigenvalue weighted by Crippen LogP contribution is -2.10. The molecule has 2 N–H and O–H groups in total. The van der Waals surface area contributed by atoms with Gasteiger partial charge in [0.05, 0.1) is 17.5 Å². The summed E-state index contributed by atoms with van der Waals surface area (Å²) in [5, 5.41) is 4.31. The predicted octanol–water partition coefficient (Wildman–Crippen LogP) is 1.34. The minimum absolute atomic E-state index is 0.431. The van der Waals surface area contributed by atoms with Crippen molar-refractivity contribution in [1.29, 1.82) is 0 Å². The SMILES string of the molecule is Cc1nn(CCC2CCCO2)cc1N. The zero-order valence-corrected chi connectivity index (χ0v) is 8.57. The Hall–Kier alpha value is -1.03. The van der Waals surface area contributed by atoms with Gasteiger partial charge in [-0.05, 0) is 26.2 Å². The highest BCUT2D eigenvalue weighted by Crippen LogP contribution is 2.16. The fourth-order valence-corrected chi connectivity index (χ4v) is 1.80. The highest BCUT2D eigenvalue weighted by Gasteiger charge is 2.15. The molecule has 1 aliphatic heterocycles. The Morgan fingerprint density at radius 3 is 3.14 bits per heavy atom. The first-order valence-corrected chi connectivity index (χ1v) is 5.17. The van der Waals surface area contributed by atoms with E-state index in [1.165, 1.54) is 12.8 Å². The lowest BCUT2D eigenvalue weighted by atomic mass is 10.2. The normalized spacial score (nSPS) is 21.6. The topological polar surface area (TPSA) is 53.1 Å². The molecule has 14 heavy (non-hydrogen) atoms. The Morgan fingerprint density at radius 1 is 1.71 bits per heavy atom. The summed E-state index contributed by atoms with van der Waals surface area (Å²) < 4.78 is 7.45. The molecule has 0 bridgehead atoms. The molecule has 2 rings (SSSR count). The van der Waals surface area contributed by atoms with Gasteiger partial charge in [-0.2, -0.15) is 5.10 Å². The van der Waals surface area contributed by atoms with Crippen molar-refractivity contribution in [2.75, 3.05) is 12.3 Å². The van der Waals surface area contributed by atoms with Gasteiger partial charge in [-0.1, -0.05) is 0 Å². The van der Waals surface area contributed by atoms with E-state index in [1.54, 1.807) is 0 Å². The molecule has 1 unspecified atom stereocenters. The zero-order chi connectivity index (χ0) is 9.97. The van der Waals surface area contributed by atoms with Crippen molar-refractivity contribution in [3.05, 3.63) is 11.9 Å². The molecule has 0 radical (unpaired) electrons. The fraction of sp³-hybridized carbons (Fsp3) is 0.700. The molecule has 0 spiro atoms. The van der Waals surface area contributed by atoms with Crippen LogP contribution in [0.5, 0.6) is 0 Å². The maximum absolute atomic E-state index is 5.71. The second-order valence-electron chi connectivity index (χ2n) is 3.86. The van der Waals surface area contributed by atoms with Gasteiger partial charge in [0.2, 0.25) is 0 Å². The van der Waals surface area contributed by atoms with Crippen LogP contribution < -0.4 is 5.73 Å². The third-order valence-electron chi connectivity index (χ3n) is 2.69. The van der Waals surface area contributed by atoms with Gasteiger partial charge in [-0.15, -0.1) is 0 Å². The molecule has 4 heteroatoms. The third kappa shape index (κ3) is 2.07. The van der Waals surface area contributed by atoms with Crippen molar-refractivity contribution in [2.45, 2.75) is 38.8 Å². The molecule has 0 aliphatic carbocycles. The van der Waals surface area contributed by atoms with E-state index >= 15 is 0 Å². The first-order chi connectivity index (χ1) is 6.75. The van der Waals surface area contributed by atoms with Gasteiger partial charge in [0, 0.05) is 19.3 Å². The van der Waals surface area contributed by atoms with Crippen molar-refractivity contribution in [1.82, 2.24) is 9.78 Å². The Bertz CT molecular complexity index is 283. The lowest BCUT2D eigenvalue weighted by molar-refractivity contribution is 0.0994. The molecule has 0 aromatic carbocycles. The van der Waals surface area contributed by atoms with Crippen molar-refractivity contribution in [3.63, 3.8) is 0 Å². The molecule has 1 saturated heterocycles. The van der Waals surface area contributed by atoms with E-state index in [9.17, 15) is 0 Å². The second kappa shape index (κ2) is 4.00. The van der Waals surface area contributed by atoms with Gasteiger partial charge in [0.15, 0.2) is 0 Å². The number of nitrogens with zero attached hydrogens (tertiary/aromatic N) is 2. The number of aromatic nitrogens is 2. The largest absolute Gasteiger partial charge is 0.396 e. The van der Waals surface area contributed by atoms with Crippen LogP contribution in [-0.4, -0.2) is 22.5 Å². The molecule has 1 aliphatic rings. The molecule has 2 heterocycles. The van der Waals surface area contributed by atoms with E-state index in [4.69, 9.17) is 10.5 Å². The van der Waals surface area contributed by atoms with E-state index in [0.717, 1.165) is 31.0 Å². The summed E-state index contributed by atoms with van der Waals surface area (Å²) in [6.45, 7) is 3.76. The molecule has 0 amide bonds. The van der Waals surface area contributed by atoms with Gasteiger partial charge in [0.25, 0.3) is 0 Å². The summed E-state index contributed by atoms with van der Waals surface area (Å²) in [6.07, 6.45) is 5.76. The maximum Gasteiger partial charge on any atom is 0.0822 e. The number of anilines is 1. The minimum Gasteiger partial charge on any atom is -0.396 e. The molecule has 1 aromatic rings. The van der Waals surface area contributed by atoms with Crippen molar-refractivity contribution in [3.8, 4) is 0 Å². The van der Waals surface area contributed by atoms with E-state index < -0.39 is 0 Å². The summed E-state index contributed by atoms with van der Waals surface area (Å²) >= 11 is 0. The average molecular weight is 195 g/mol. The molecular weight excluding hydrogens is 178 g/mol. The number of hydrogen-bond donors (Lipinski definition) is 1. The third-order valence-corrected chi connectivity index (χ3v) is 2.69. The number of rotatable bonds is 3. The van der Waals surface area contributed by atoms with Crippen LogP contribution in [0.15, 0.2) is 6.20 Å². The lowest BCUT2D eigenvalue weighted by Gasteiger charge is -2.08. The first-order valence-electron chi connectivity index (χ1n) is 5.17. The number of ether oxygens (including phenoxy) is 1. The van der Waals surface area contributed by atoms with Gasteiger partial charge in [-0.25, -0.2) is 0 Å². The van der Waals surface area contributed by atoms with Gasteiger partial charge in [0.1, 0.15) is 0 Å². The van der Waals surface area contributed by atoms with Crippen LogP contribution in [-0.2, 0) is 11.3 Å². The molecule has 4 nitrogen and oxygen atoms in total. The maximum atomic E-state index is 5.71. The first kappa shape index (κ1) is 9.52. The second-order valence-corrected chi connectivity index (χ2v) is 3.86. The van der Waals surface area contributed by atoms with E-state index in [1.807, 2.05) is 17.8 Å². The number of hydrogen-bond acceptors (Lipinski definition) is 3. The Labute approximate surface area is 84.0 Å². The molecule has 1 aromatic heterocycles. The summed E-state index contributed by atoms with van der Waals surface area (Å²) in [6, 6.07) is 0. The fourth-order valence-electron chi connectivity index (χ4n) is 1.80. The monoisotopic (exact) mass is 195 g/mol. The Kier molecular flexibility index (Phi) is 2.72. The molecule has 1 atom stereocenters. The number of aryl methyl sites for hydroxylation is 2. The molecule has 1 fully saturated rings. The summed E-state index contributed by atoms with van der Waals surface area (Å²) in [5.41, 5.74) is 7.40. The smallest absolute Gasteiger partial charge is 0.0822 e. The summed E-state index contributed by atoms with van der Waals surface area (Å²) in [7, 11) is 0. The van der Waals surface area contributed by atoms with E-state index in [-0.39, 0.29) is 0 Å². The standard InChI is InChI=1S/C10H17N3O/c1-8-10(11)7-13(12-8)5-4-9-3-2-6-14-9/h7,9H,2-6,11H2,1H3. The van der Waals surface area contributed by atoms with Gasteiger partial charge < -0.3 is 10.5 Å². The van der Waals surface area contributed by atoms with Gasteiger partial charge >= 0.3 is 0 Å². The van der Waals surface area contributed by atoms with Crippen molar-refractivity contribution >= 4 is 5.69 Å². The average Bonchev–Trinajstić information content (AvgIpc) is 2.74. The predicted molar refractivity (Wildman–Crippen MR) is 55.0 cm³/mol. The summed E-state index contributed by atoms with van der Waals surface area (Å²) in [4.78, 5) is 0. The Balaban J connectivity index is 1.85. The number of nitrogen functional groups attached to an aromatic ring is 1. The minimum atomic E-state index is 0.431. The molecule has 78 valence electrons. The Morgan fingerprint density at radius 2 is 2.57 bits per heavy atom. The molecule has 0 saturated carbocycles. The van der Waals surface area contributed by atoms with Crippen LogP contribution in [0, 0.1) is 6.92 Å². The van der Waals surface area contributed by atoms with Crippen LogP contribution in [0.4, 0.5) is 5.69 Å². The van der Waals surface area contributed by atoms with Crippen molar-refractivity contribution < 1.29 is 4.74 Å². The van der Waals surface area contributed by atoms with Gasteiger partial charge in [-0.3, -0.25) is 4.68 Å².